The van der Waals surface area contributed by atoms with Crippen LogP contribution >= 0.6 is 11.6 Å². The minimum absolute atomic E-state index is 0.232. The Labute approximate surface area is 120 Å². The molecule has 5 heteroatoms. The molecule has 1 unspecified atom stereocenters. The van der Waals surface area contributed by atoms with Gasteiger partial charge in [-0.3, -0.25) is 4.68 Å². The summed E-state index contributed by atoms with van der Waals surface area (Å²) in [4.78, 5) is 2.16. The monoisotopic (exact) mass is 285 g/mol. The van der Waals surface area contributed by atoms with Gasteiger partial charge in [-0.05, 0) is 45.7 Å². The molecule has 0 aromatic carbocycles. The number of aliphatic hydroxyl groups is 1. The minimum Gasteiger partial charge on any atom is -0.385 e. The lowest BCUT2D eigenvalue weighted by Gasteiger charge is -2.47. The summed E-state index contributed by atoms with van der Waals surface area (Å²) in [6.07, 6.45) is 5.27. The van der Waals surface area contributed by atoms with Crippen molar-refractivity contribution in [3.63, 3.8) is 0 Å². The molecule has 1 atom stereocenters. The Morgan fingerprint density at radius 3 is 2.47 bits per heavy atom. The van der Waals surface area contributed by atoms with E-state index in [1.54, 1.807) is 10.9 Å². The van der Waals surface area contributed by atoms with E-state index in [0.29, 0.717) is 5.02 Å². The largest absolute Gasteiger partial charge is 0.385 e. The molecule has 2 rings (SSSR count). The quantitative estimate of drug-likeness (QED) is 0.928. The number of halogens is 1. The Balaban J connectivity index is 2.35. The summed E-state index contributed by atoms with van der Waals surface area (Å²) < 4.78 is 1.69. The fourth-order valence-corrected chi connectivity index (χ4v) is 3.48. The Hall–Kier alpha value is -0.580. The molecule has 0 aliphatic heterocycles. The summed E-state index contributed by atoms with van der Waals surface area (Å²) in [6, 6.07) is 0. The lowest BCUT2D eigenvalue weighted by Crippen LogP contribution is -2.52. The highest BCUT2D eigenvalue weighted by molar-refractivity contribution is 6.31. The minimum atomic E-state index is -0.602. The molecule has 1 aliphatic rings. The Kier molecular flexibility index (Phi) is 4.23. The van der Waals surface area contributed by atoms with E-state index < -0.39 is 6.10 Å². The van der Waals surface area contributed by atoms with Crippen LogP contribution in [0.25, 0.3) is 0 Å². The summed E-state index contributed by atoms with van der Waals surface area (Å²) >= 11 is 6.19. The van der Waals surface area contributed by atoms with Crippen molar-refractivity contribution in [2.75, 3.05) is 14.1 Å². The highest BCUT2D eigenvalue weighted by Gasteiger charge is 2.44. The second kappa shape index (κ2) is 5.43. The zero-order chi connectivity index (χ0) is 14.2. The fraction of sp³-hybridized carbons (Fsp3) is 0.786. The maximum absolute atomic E-state index is 10.9. The highest BCUT2D eigenvalue weighted by Crippen LogP contribution is 2.44. The van der Waals surface area contributed by atoms with Crippen LogP contribution in [-0.2, 0) is 7.05 Å². The number of rotatable bonds is 3. The van der Waals surface area contributed by atoms with Crippen LogP contribution in [-0.4, -0.2) is 39.4 Å². The van der Waals surface area contributed by atoms with E-state index in [0.717, 1.165) is 37.3 Å². The molecule has 108 valence electrons. The van der Waals surface area contributed by atoms with E-state index in [1.807, 2.05) is 21.1 Å². The average Bonchev–Trinajstić information content (AvgIpc) is 2.69. The maximum Gasteiger partial charge on any atom is 0.115 e. The Morgan fingerprint density at radius 2 is 2.05 bits per heavy atom. The second-order valence-electron chi connectivity index (χ2n) is 6.08. The normalized spacial score (nSPS) is 29.7. The van der Waals surface area contributed by atoms with Gasteiger partial charge in [-0.25, -0.2) is 0 Å². The first-order chi connectivity index (χ1) is 8.88. The van der Waals surface area contributed by atoms with Gasteiger partial charge in [0.25, 0.3) is 0 Å². The number of likely N-dealkylation sites (N-methyl/N-ethyl adjacent to an activating group) is 1. The molecule has 0 amide bonds. The van der Waals surface area contributed by atoms with Crippen molar-refractivity contribution < 1.29 is 5.11 Å². The van der Waals surface area contributed by atoms with E-state index in [4.69, 9.17) is 11.6 Å². The number of aliphatic hydroxyl groups excluding tert-OH is 1. The van der Waals surface area contributed by atoms with Gasteiger partial charge in [-0.1, -0.05) is 18.5 Å². The summed E-state index contributed by atoms with van der Waals surface area (Å²) in [5.74, 6) is 0.738. The molecular weight excluding hydrogens is 262 g/mol. The molecule has 0 spiro atoms. The third-order valence-electron chi connectivity index (χ3n) is 4.74. The van der Waals surface area contributed by atoms with Crippen molar-refractivity contribution in [1.29, 1.82) is 0 Å². The number of aryl methyl sites for hydroxylation is 1. The third kappa shape index (κ3) is 2.54. The van der Waals surface area contributed by atoms with Crippen molar-refractivity contribution in [3.8, 4) is 0 Å². The van der Waals surface area contributed by atoms with Gasteiger partial charge in [0, 0.05) is 7.05 Å². The predicted molar refractivity (Wildman–Crippen MR) is 77.2 cm³/mol. The van der Waals surface area contributed by atoms with Gasteiger partial charge in [0.05, 0.1) is 22.5 Å². The van der Waals surface area contributed by atoms with E-state index >= 15 is 0 Å². The Bertz CT molecular complexity index is 416. The summed E-state index contributed by atoms with van der Waals surface area (Å²) in [7, 11) is 5.92. The van der Waals surface area contributed by atoms with Crippen molar-refractivity contribution in [3.05, 3.63) is 16.9 Å². The van der Waals surface area contributed by atoms with Crippen LogP contribution in [0.5, 0.6) is 0 Å². The molecule has 4 nitrogen and oxygen atoms in total. The van der Waals surface area contributed by atoms with Gasteiger partial charge < -0.3 is 10.0 Å². The molecule has 1 aromatic rings. The van der Waals surface area contributed by atoms with Gasteiger partial charge in [0.1, 0.15) is 6.10 Å². The first kappa shape index (κ1) is 14.8. The molecule has 0 bridgehead atoms. The number of hydrogen-bond donors (Lipinski definition) is 1. The zero-order valence-electron chi connectivity index (χ0n) is 12.2. The van der Waals surface area contributed by atoms with Crippen LogP contribution in [0.4, 0.5) is 0 Å². The summed E-state index contributed by atoms with van der Waals surface area (Å²) in [5.41, 5.74) is 0.495. The molecule has 1 N–H and O–H groups in total. The van der Waals surface area contributed by atoms with E-state index in [9.17, 15) is 5.11 Å². The number of aromatic nitrogens is 2. The second-order valence-corrected chi connectivity index (χ2v) is 6.49. The smallest absolute Gasteiger partial charge is 0.115 e. The molecule has 19 heavy (non-hydrogen) atoms. The van der Waals surface area contributed by atoms with Crippen LogP contribution in [0.15, 0.2) is 6.20 Å². The van der Waals surface area contributed by atoms with Gasteiger partial charge in [-0.15, -0.1) is 0 Å². The standard InChI is InChI=1S/C14H24ClN3O/c1-10-5-7-14(8-6-10,17(2)3)13(19)12-11(15)9-16-18(12)4/h9-10,13,19H,5-8H2,1-4H3. The van der Waals surface area contributed by atoms with Crippen molar-refractivity contribution in [2.45, 2.75) is 44.2 Å². The fourth-order valence-electron chi connectivity index (χ4n) is 3.21. The van der Waals surface area contributed by atoms with Crippen LogP contribution in [0.1, 0.15) is 44.4 Å². The van der Waals surface area contributed by atoms with E-state index in [2.05, 4.69) is 16.9 Å². The van der Waals surface area contributed by atoms with Crippen molar-refractivity contribution in [1.82, 2.24) is 14.7 Å². The molecule has 1 heterocycles. The van der Waals surface area contributed by atoms with Crippen LogP contribution in [0.2, 0.25) is 5.02 Å². The van der Waals surface area contributed by atoms with Gasteiger partial charge in [-0.2, -0.15) is 5.10 Å². The number of hydrogen-bond acceptors (Lipinski definition) is 3. The molecule has 1 saturated carbocycles. The van der Waals surface area contributed by atoms with Crippen LogP contribution < -0.4 is 0 Å². The molecule has 0 radical (unpaired) electrons. The molecule has 1 aromatic heterocycles. The van der Waals surface area contributed by atoms with E-state index in [1.165, 1.54) is 0 Å². The first-order valence-corrected chi connectivity index (χ1v) is 7.29. The molecule has 0 saturated heterocycles. The highest BCUT2D eigenvalue weighted by atomic mass is 35.5. The van der Waals surface area contributed by atoms with Gasteiger partial charge in [0.15, 0.2) is 0 Å². The maximum atomic E-state index is 10.9. The first-order valence-electron chi connectivity index (χ1n) is 6.91. The van der Waals surface area contributed by atoms with Gasteiger partial charge >= 0.3 is 0 Å². The number of nitrogens with zero attached hydrogens (tertiary/aromatic N) is 3. The van der Waals surface area contributed by atoms with E-state index in [-0.39, 0.29) is 5.54 Å². The third-order valence-corrected chi connectivity index (χ3v) is 5.03. The van der Waals surface area contributed by atoms with Crippen LogP contribution in [0, 0.1) is 5.92 Å². The lowest BCUT2D eigenvalue weighted by molar-refractivity contribution is -0.0444. The summed E-state index contributed by atoms with van der Waals surface area (Å²) in [6.45, 7) is 2.28. The molecular formula is C14H24ClN3O. The average molecular weight is 286 g/mol. The SMILES string of the molecule is CC1CCC(C(O)c2c(Cl)cnn2C)(N(C)C)CC1. The lowest BCUT2D eigenvalue weighted by atomic mass is 9.72. The topological polar surface area (TPSA) is 41.3 Å². The summed E-state index contributed by atoms with van der Waals surface area (Å²) in [5, 5.41) is 15.6. The predicted octanol–water partition coefficient (Wildman–Crippen LogP) is 2.62. The van der Waals surface area contributed by atoms with Crippen LogP contribution in [0.3, 0.4) is 0 Å². The molecule has 1 aliphatic carbocycles. The van der Waals surface area contributed by atoms with Crippen molar-refractivity contribution in [2.24, 2.45) is 13.0 Å². The molecule has 1 fully saturated rings. The zero-order valence-corrected chi connectivity index (χ0v) is 13.0. The van der Waals surface area contributed by atoms with Crippen molar-refractivity contribution >= 4 is 11.6 Å². The van der Waals surface area contributed by atoms with Gasteiger partial charge in [0.2, 0.25) is 0 Å². The Morgan fingerprint density at radius 1 is 1.47 bits per heavy atom.